The molecule has 1 aromatic carbocycles. The molecule has 0 saturated heterocycles. The maximum absolute atomic E-state index is 5.28. The number of rotatable bonds is 8. The van der Waals surface area contributed by atoms with E-state index in [-0.39, 0.29) is 6.04 Å². The number of nitrogens with one attached hydrogen (secondary N) is 1. The second-order valence-electron chi connectivity index (χ2n) is 8.67. The fourth-order valence-corrected chi connectivity index (χ4v) is 4.18. The Balaban J connectivity index is 1.60. The minimum Gasteiger partial charge on any atom is -0.497 e. The van der Waals surface area contributed by atoms with Crippen molar-refractivity contribution < 1.29 is 4.74 Å². The highest BCUT2D eigenvalue weighted by atomic mass is 16.5. The van der Waals surface area contributed by atoms with Gasteiger partial charge < -0.3 is 15.0 Å². The molecule has 1 atom stereocenters. The van der Waals surface area contributed by atoms with Crippen LogP contribution in [-0.4, -0.2) is 65.1 Å². The first-order valence-corrected chi connectivity index (χ1v) is 11.1. The summed E-state index contributed by atoms with van der Waals surface area (Å²) in [6.45, 7) is 5.80. The highest BCUT2D eigenvalue weighted by Gasteiger charge is 2.24. The SMILES string of the molecule is COc1ccc(CN2CCc3c(nc(-c4ccncc4)nc3NC(C)CN(C)C)C2)cc1. The van der Waals surface area contributed by atoms with E-state index in [1.807, 2.05) is 24.3 Å². The number of ether oxygens (including phenoxy) is 1. The van der Waals surface area contributed by atoms with Gasteiger partial charge in [-0.25, -0.2) is 9.97 Å². The first kappa shape index (κ1) is 22.2. The summed E-state index contributed by atoms with van der Waals surface area (Å²) in [6, 6.07) is 12.5. The lowest BCUT2D eigenvalue weighted by molar-refractivity contribution is 0.241. The summed E-state index contributed by atoms with van der Waals surface area (Å²) in [7, 11) is 5.88. The number of aromatic nitrogens is 3. The van der Waals surface area contributed by atoms with Crippen LogP contribution in [0.2, 0.25) is 0 Å². The van der Waals surface area contributed by atoms with Crippen LogP contribution in [0, 0.1) is 0 Å². The van der Waals surface area contributed by atoms with Crippen LogP contribution >= 0.6 is 0 Å². The third-order valence-electron chi connectivity index (χ3n) is 5.67. The summed E-state index contributed by atoms with van der Waals surface area (Å²) in [5, 5.41) is 3.65. The van der Waals surface area contributed by atoms with Crippen molar-refractivity contribution in [2.24, 2.45) is 0 Å². The van der Waals surface area contributed by atoms with Crippen LogP contribution in [0.5, 0.6) is 5.75 Å². The van der Waals surface area contributed by atoms with Gasteiger partial charge in [0.2, 0.25) is 0 Å². The molecule has 0 saturated carbocycles. The van der Waals surface area contributed by atoms with E-state index in [1.165, 1.54) is 11.1 Å². The lowest BCUT2D eigenvalue weighted by Crippen LogP contribution is -2.34. The number of hydrogen-bond donors (Lipinski definition) is 1. The fraction of sp³-hybridized carbons (Fsp3) is 0.400. The smallest absolute Gasteiger partial charge is 0.161 e. The maximum Gasteiger partial charge on any atom is 0.161 e. The Hall–Kier alpha value is -3.03. The zero-order valence-corrected chi connectivity index (χ0v) is 19.4. The van der Waals surface area contributed by atoms with Gasteiger partial charge in [-0.3, -0.25) is 9.88 Å². The lowest BCUT2D eigenvalue weighted by atomic mass is 10.0. The van der Waals surface area contributed by atoms with Crippen LogP contribution in [0.4, 0.5) is 5.82 Å². The van der Waals surface area contributed by atoms with Crippen molar-refractivity contribution >= 4 is 5.82 Å². The first-order valence-electron chi connectivity index (χ1n) is 11.1. The Morgan fingerprint density at radius 1 is 1.09 bits per heavy atom. The Kier molecular flexibility index (Phi) is 6.97. The molecule has 7 nitrogen and oxygen atoms in total. The molecule has 3 aromatic rings. The minimum atomic E-state index is 0.284. The topological polar surface area (TPSA) is 66.4 Å². The van der Waals surface area contributed by atoms with Gasteiger partial charge in [-0.05, 0) is 57.3 Å². The number of nitrogens with zero attached hydrogens (tertiary/aromatic N) is 5. The third kappa shape index (κ3) is 5.41. The van der Waals surface area contributed by atoms with Gasteiger partial charge in [0, 0.05) is 55.7 Å². The molecule has 32 heavy (non-hydrogen) atoms. The van der Waals surface area contributed by atoms with Crippen molar-refractivity contribution in [1.82, 2.24) is 24.8 Å². The van der Waals surface area contributed by atoms with E-state index in [0.29, 0.717) is 0 Å². The second-order valence-corrected chi connectivity index (χ2v) is 8.67. The Bertz CT molecular complexity index is 1020. The Morgan fingerprint density at radius 3 is 2.53 bits per heavy atom. The Morgan fingerprint density at radius 2 is 1.84 bits per heavy atom. The molecule has 7 heteroatoms. The molecule has 0 amide bonds. The number of methoxy groups -OCH3 is 1. The zero-order chi connectivity index (χ0) is 22.5. The van der Waals surface area contributed by atoms with Crippen molar-refractivity contribution in [2.75, 3.05) is 39.6 Å². The highest BCUT2D eigenvalue weighted by molar-refractivity contribution is 5.60. The van der Waals surface area contributed by atoms with Gasteiger partial charge in [0.1, 0.15) is 11.6 Å². The monoisotopic (exact) mass is 432 g/mol. The fourth-order valence-electron chi connectivity index (χ4n) is 4.18. The minimum absolute atomic E-state index is 0.284. The van der Waals surface area contributed by atoms with E-state index in [2.05, 4.69) is 53.3 Å². The molecule has 0 fully saturated rings. The number of pyridine rings is 1. The predicted molar refractivity (Wildman–Crippen MR) is 128 cm³/mol. The molecule has 0 spiro atoms. The van der Waals surface area contributed by atoms with E-state index in [1.54, 1.807) is 19.5 Å². The van der Waals surface area contributed by atoms with Gasteiger partial charge in [-0.1, -0.05) is 12.1 Å². The molecule has 1 aliphatic rings. The van der Waals surface area contributed by atoms with Crippen molar-refractivity contribution in [3.63, 3.8) is 0 Å². The summed E-state index contributed by atoms with van der Waals surface area (Å²) in [5.74, 6) is 2.59. The van der Waals surface area contributed by atoms with Crippen molar-refractivity contribution in [1.29, 1.82) is 0 Å². The molecule has 2 aromatic heterocycles. The molecule has 1 N–H and O–H groups in total. The largest absolute Gasteiger partial charge is 0.497 e. The molecular formula is C25H32N6O. The molecule has 0 radical (unpaired) electrons. The van der Waals surface area contributed by atoms with Gasteiger partial charge in [-0.2, -0.15) is 0 Å². The molecular weight excluding hydrogens is 400 g/mol. The summed E-state index contributed by atoms with van der Waals surface area (Å²) >= 11 is 0. The Labute approximate surface area is 190 Å². The first-order chi connectivity index (χ1) is 15.5. The zero-order valence-electron chi connectivity index (χ0n) is 19.4. The summed E-state index contributed by atoms with van der Waals surface area (Å²) in [6.07, 6.45) is 4.50. The number of fused-ring (bicyclic) bond motifs is 1. The summed E-state index contributed by atoms with van der Waals surface area (Å²) in [5.41, 5.74) is 4.60. The highest BCUT2D eigenvalue weighted by Crippen LogP contribution is 2.28. The van der Waals surface area contributed by atoms with E-state index in [4.69, 9.17) is 14.7 Å². The number of likely N-dealkylation sites (N-methyl/N-ethyl adjacent to an activating group) is 1. The number of anilines is 1. The summed E-state index contributed by atoms with van der Waals surface area (Å²) in [4.78, 5) is 18.7. The molecule has 1 unspecified atom stereocenters. The predicted octanol–water partition coefficient (Wildman–Crippen LogP) is 3.47. The normalized spacial score (nSPS) is 14.8. The third-order valence-corrected chi connectivity index (χ3v) is 5.67. The van der Waals surface area contributed by atoms with Gasteiger partial charge >= 0.3 is 0 Å². The average molecular weight is 433 g/mol. The van der Waals surface area contributed by atoms with Crippen LogP contribution < -0.4 is 10.1 Å². The van der Waals surface area contributed by atoms with Gasteiger partial charge in [0.15, 0.2) is 5.82 Å². The average Bonchev–Trinajstić information content (AvgIpc) is 2.79. The molecule has 0 bridgehead atoms. The van der Waals surface area contributed by atoms with Gasteiger partial charge in [0.05, 0.1) is 12.8 Å². The van der Waals surface area contributed by atoms with Crippen LogP contribution in [0.25, 0.3) is 11.4 Å². The molecule has 4 rings (SSSR count). The van der Waals surface area contributed by atoms with Gasteiger partial charge in [0.25, 0.3) is 0 Å². The van der Waals surface area contributed by atoms with Crippen LogP contribution in [-0.2, 0) is 19.5 Å². The van der Waals surface area contributed by atoms with E-state index in [9.17, 15) is 0 Å². The van der Waals surface area contributed by atoms with Gasteiger partial charge in [-0.15, -0.1) is 0 Å². The number of hydrogen-bond acceptors (Lipinski definition) is 7. The molecule has 1 aliphatic heterocycles. The maximum atomic E-state index is 5.28. The summed E-state index contributed by atoms with van der Waals surface area (Å²) < 4.78 is 5.28. The molecule has 3 heterocycles. The molecule has 0 aliphatic carbocycles. The number of benzene rings is 1. The van der Waals surface area contributed by atoms with Crippen molar-refractivity contribution in [3.05, 3.63) is 65.6 Å². The van der Waals surface area contributed by atoms with Crippen molar-refractivity contribution in [3.8, 4) is 17.1 Å². The molecule has 168 valence electrons. The van der Waals surface area contributed by atoms with E-state index < -0.39 is 0 Å². The van der Waals surface area contributed by atoms with Crippen LogP contribution in [0.3, 0.4) is 0 Å². The lowest BCUT2D eigenvalue weighted by Gasteiger charge is -2.30. The van der Waals surface area contributed by atoms with E-state index in [0.717, 1.165) is 61.2 Å². The second kappa shape index (κ2) is 10.1. The van der Waals surface area contributed by atoms with Crippen LogP contribution in [0.15, 0.2) is 48.8 Å². The standard InChI is InChI=1S/C25H32N6O/c1-18(15-30(2)3)27-25-22-11-14-31(16-19-5-7-21(32-4)8-6-19)17-23(22)28-24(29-25)20-9-12-26-13-10-20/h5-10,12-13,18H,11,14-17H2,1-4H3,(H,27,28,29). The van der Waals surface area contributed by atoms with Crippen LogP contribution in [0.1, 0.15) is 23.7 Å². The van der Waals surface area contributed by atoms with E-state index >= 15 is 0 Å². The van der Waals surface area contributed by atoms with Crippen molar-refractivity contribution in [2.45, 2.75) is 32.5 Å². The quantitative estimate of drug-likeness (QED) is 0.585.